The molecular weight excluding hydrogens is 296 g/mol. The van der Waals surface area contributed by atoms with Gasteiger partial charge in [0.2, 0.25) is 0 Å². The molecule has 24 heavy (non-hydrogen) atoms. The molecule has 0 saturated carbocycles. The van der Waals surface area contributed by atoms with Gasteiger partial charge in [-0.2, -0.15) is 0 Å². The number of nitrogens with one attached hydrogen (secondary N) is 1. The molecule has 1 unspecified atom stereocenters. The predicted molar refractivity (Wildman–Crippen MR) is 96.2 cm³/mol. The number of aryl methyl sites for hydroxylation is 2. The molecule has 2 heterocycles. The van der Waals surface area contributed by atoms with E-state index in [1.165, 1.54) is 22.3 Å². The number of nitrogens with zero attached hydrogens (tertiary/aromatic N) is 1. The van der Waals surface area contributed by atoms with E-state index in [4.69, 9.17) is 0 Å². The molecule has 0 aromatic heterocycles. The molecule has 1 N–H and O–H groups in total. The molecule has 2 aromatic carbocycles. The van der Waals surface area contributed by atoms with Crippen LogP contribution in [0.2, 0.25) is 0 Å². The molecule has 4 rings (SSSR count). The van der Waals surface area contributed by atoms with Crippen LogP contribution in [0.15, 0.2) is 42.5 Å². The van der Waals surface area contributed by atoms with Gasteiger partial charge in [0, 0.05) is 37.7 Å². The number of benzene rings is 2. The Hall–Kier alpha value is -2.13. The molecule has 2 aromatic rings. The fourth-order valence-corrected chi connectivity index (χ4v) is 4.41. The Morgan fingerprint density at radius 1 is 1.08 bits per heavy atom. The quantitative estimate of drug-likeness (QED) is 0.921. The van der Waals surface area contributed by atoms with Crippen LogP contribution in [0, 0.1) is 19.8 Å². The van der Waals surface area contributed by atoms with Gasteiger partial charge in [-0.05, 0) is 37.0 Å². The maximum Gasteiger partial charge on any atom is 0.251 e. The normalized spacial score (nSPS) is 23.3. The van der Waals surface area contributed by atoms with E-state index in [1.54, 1.807) is 0 Å². The summed E-state index contributed by atoms with van der Waals surface area (Å²) in [5.74, 6) is 1.04. The molecule has 0 bridgehead atoms. The Morgan fingerprint density at radius 3 is 2.62 bits per heavy atom. The van der Waals surface area contributed by atoms with Crippen LogP contribution < -0.4 is 5.32 Å². The third kappa shape index (κ3) is 2.84. The highest BCUT2D eigenvalue weighted by Crippen LogP contribution is 2.36. The standard InChI is InChI=1S/C21H24N2O/c1-14-7-15(2)9-16(8-14)11-23-12-17-10-22-21(24)19-6-4-3-5-18(19)20(17)13-23/h3-9,17,20H,10-13H2,1-2H3,(H,22,24)/t17-,20?/m0/s1. The Kier molecular flexibility index (Phi) is 3.89. The maximum atomic E-state index is 12.3. The summed E-state index contributed by atoms with van der Waals surface area (Å²) in [4.78, 5) is 14.8. The molecule has 2 atom stereocenters. The lowest BCUT2D eigenvalue weighted by Crippen LogP contribution is -2.29. The van der Waals surface area contributed by atoms with Gasteiger partial charge in [0.15, 0.2) is 0 Å². The zero-order chi connectivity index (χ0) is 16.7. The van der Waals surface area contributed by atoms with Crippen LogP contribution in [0.5, 0.6) is 0 Å². The van der Waals surface area contributed by atoms with Crippen LogP contribution in [0.25, 0.3) is 0 Å². The SMILES string of the molecule is Cc1cc(C)cc(CN2CC3c4ccccc4C(=O)NC[C@H]3C2)c1. The number of carbonyl (C=O) groups excluding carboxylic acids is 1. The molecule has 3 heteroatoms. The first kappa shape index (κ1) is 15.4. The molecule has 2 aliphatic heterocycles. The van der Waals surface area contributed by atoms with Crippen molar-refractivity contribution in [2.24, 2.45) is 5.92 Å². The number of hydrogen-bond donors (Lipinski definition) is 1. The van der Waals surface area contributed by atoms with Gasteiger partial charge in [-0.3, -0.25) is 9.69 Å². The number of amides is 1. The van der Waals surface area contributed by atoms with E-state index in [-0.39, 0.29) is 5.91 Å². The number of fused-ring (bicyclic) bond motifs is 3. The van der Waals surface area contributed by atoms with E-state index in [2.05, 4.69) is 54.4 Å². The molecule has 0 spiro atoms. The average Bonchev–Trinajstić information content (AvgIpc) is 2.89. The van der Waals surface area contributed by atoms with Crippen molar-refractivity contribution in [3.05, 3.63) is 70.3 Å². The Bertz CT molecular complexity index is 763. The molecule has 3 nitrogen and oxygen atoms in total. The van der Waals surface area contributed by atoms with Crippen LogP contribution in [-0.2, 0) is 6.54 Å². The Balaban J connectivity index is 1.58. The first-order chi connectivity index (χ1) is 11.6. The van der Waals surface area contributed by atoms with Crippen molar-refractivity contribution >= 4 is 5.91 Å². The zero-order valence-corrected chi connectivity index (χ0v) is 14.4. The average molecular weight is 320 g/mol. The number of likely N-dealkylation sites (tertiary alicyclic amines) is 1. The second-order valence-electron chi connectivity index (χ2n) is 7.35. The molecule has 2 aliphatic rings. The third-order valence-corrected chi connectivity index (χ3v) is 5.33. The van der Waals surface area contributed by atoms with Crippen LogP contribution in [0.4, 0.5) is 0 Å². The number of carbonyl (C=O) groups is 1. The van der Waals surface area contributed by atoms with E-state index in [0.717, 1.165) is 31.7 Å². The van der Waals surface area contributed by atoms with Crippen molar-refractivity contribution in [2.75, 3.05) is 19.6 Å². The second-order valence-corrected chi connectivity index (χ2v) is 7.35. The van der Waals surface area contributed by atoms with Gasteiger partial charge in [-0.15, -0.1) is 0 Å². The summed E-state index contributed by atoms with van der Waals surface area (Å²) in [7, 11) is 0. The second kappa shape index (κ2) is 6.06. The maximum absolute atomic E-state index is 12.3. The van der Waals surface area contributed by atoms with Crippen LogP contribution >= 0.6 is 0 Å². The fourth-order valence-electron chi connectivity index (χ4n) is 4.41. The summed E-state index contributed by atoms with van der Waals surface area (Å²) in [6, 6.07) is 14.9. The van der Waals surface area contributed by atoms with Gasteiger partial charge in [-0.1, -0.05) is 47.5 Å². The largest absolute Gasteiger partial charge is 0.352 e. The Morgan fingerprint density at radius 2 is 1.83 bits per heavy atom. The Labute approximate surface area is 143 Å². The first-order valence-corrected chi connectivity index (χ1v) is 8.77. The van der Waals surface area contributed by atoms with Crippen LogP contribution in [-0.4, -0.2) is 30.4 Å². The third-order valence-electron chi connectivity index (χ3n) is 5.33. The van der Waals surface area contributed by atoms with E-state index >= 15 is 0 Å². The van der Waals surface area contributed by atoms with Gasteiger partial charge in [0.25, 0.3) is 5.91 Å². The lowest BCUT2D eigenvalue weighted by Gasteiger charge is -2.18. The molecule has 124 valence electrons. The van der Waals surface area contributed by atoms with E-state index in [0.29, 0.717) is 11.8 Å². The van der Waals surface area contributed by atoms with Crippen molar-refractivity contribution in [3.8, 4) is 0 Å². The zero-order valence-electron chi connectivity index (χ0n) is 14.4. The van der Waals surface area contributed by atoms with Crippen molar-refractivity contribution in [1.82, 2.24) is 10.2 Å². The predicted octanol–water partition coefficient (Wildman–Crippen LogP) is 3.26. The molecule has 0 aliphatic carbocycles. The van der Waals surface area contributed by atoms with Crippen molar-refractivity contribution in [1.29, 1.82) is 0 Å². The summed E-state index contributed by atoms with van der Waals surface area (Å²) < 4.78 is 0. The van der Waals surface area contributed by atoms with Crippen LogP contribution in [0.1, 0.15) is 38.5 Å². The first-order valence-electron chi connectivity index (χ1n) is 8.77. The summed E-state index contributed by atoms with van der Waals surface area (Å²) in [6.45, 7) is 8.18. The van der Waals surface area contributed by atoms with Crippen LogP contribution in [0.3, 0.4) is 0 Å². The highest BCUT2D eigenvalue weighted by molar-refractivity contribution is 5.96. The highest BCUT2D eigenvalue weighted by atomic mass is 16.1. The van der Waals surface area contributed by atoms with E-state index in [1.807, 2.05) is 12.1 Å². The lowest BCUT2D eigenvalue weighted by molar-refractivity contribution is 0.0951. The van der Waals surface area contributed by atoms with Gasteiger partial charge >= 0.3 is 0 Å². The summed E-state index contributed by atoms with van der Waals surface area (Å²) >= 11 is 0. The summed E-state index contributed by atoms with van der Waals surface area (Å²) in [5.41, 5.74) is 6.13. The van der Waals surface area contributed by atoms with Crippen molar-refractivity contribution in [3.63, 3.8) is 0 Å². The van der Waals surface area contributed by atoms with Gasteiger partial charge in [0.1, 0.15) is 0 Å². The van der Waals surface area contributed by atoms with E-state index < -0.39 is 0 Å². The topological polar surface area (TPSA) is 32.3 Å². The lowest BCUT2D eigenvalue weighted by atomic mass is 9.87. The highest BCUT2D eigenvalue weighted by Gasteiger charge is 2.37. The van der Waals surface area contributed by atoms with Crippen molar-refractivity contribution < 1.29 is 4.79 Å². The minimum absolute atomic E-state index is 0.0841. The molecule has 1 saturated heterocycles. The smallest absolute Gasteiger partial charge is 0.251 e. The molecule has 1 fully saturated rings. The van der Waals surface area contributed by atoms with Crippen molar-refractivity contribution in [2.45, 2.75) is 26.3 Å². The minimum atomic E-state index is 0.0841. The van der Waals surface area contributed by atoms with Gasteiger partial charge < -0.3 is 5.32 Å². The van der Waals surface area contributed by atoms with E-state index in [9.17, 15) is 4.79 Å². The fraction of sp³-hybridized carbons (Fsp3) is 0.381. The monoisotopic (exact) mass is 320 g/mol. The molecule has 0 radical (unpaired) electrons. The minimum Gasteiger partial charge on any atom is -0.352 e. The molecule has 1 amide bonds. The number of rotatable bonds is 2. The summed E-state index contributed by atoms with van der Waals surface area (Å²) in [5, 5.41) is 3.11. The molecular formula is C21H24N2O. The number of hydrogen-bond acceptors (Lipinski definition) is 2. The summed E-state index contributed by atoms with van der Waals surface area (Å²) in [6.07, 6.45) is 0. The van der Waals surface area contributed by atoms with Gasteiger partial charge in [0.05, 0.1) is 0 Å². The van der Waals surface area contributed by atoms with Gasteiger partial charge in [-0.25, -0.2) is 0 Å².